The van der Waals surface area contributed by atoms with Gasteiger partial charge in [-0.05, 0) is 12.5 Å². The third kappa shape index (κ3) is 2.82. The summed E-state index contributed by atoms with van der Waals surface area (Å²) in [5.74, 6) is 0.810. The summed E-state index contributed by atoms with van der Waals surface area (Å²) in [6.07, 6.45) is 0. The van der Waals surface area contributed by atoms with Crippen LogP contribution < -0.4 is 5.32 Å². The first-order chi connectivity index (χ1) is 4.29. The predicted molar refractivity (Wildman–Crippen MR) is 47.6 cm³/mol. The maximum Gasteiger partial charge on any atom is 0.0206 e. The van der Waals surface area contributed by atoms with Gasteiger partial charge in [0.25, 0.3) is 0 Å². The van der Waals surface area contributed by atoms with Gasteiger partial charge in [-0.3, -0.25) is 0 Å². The molecule has 1 fully saturated rings. The zero-order chi connectivity index (χ0) is 6.69. The van der Waals surface area contributed by atoms with Gasteiger partial charge in [-0.15, -0.1) is 0 Å². The highest BCUT2D eigenvalue weighted by atomic mass is 127. The van der Waals surface area contributed by atoms with Crippen LogP contribution in [0.3, 0.4) is 0 Å². The number of rotatable bonds is 0. The van der Waals surface area contributed by atoms with Crippen molar-refractivity contribution in [2.24, 2.45) is 5.92 Å². The first kappa shape index (κ1) is 7.75. The van der Waals surface area contributed by atoms with Gasteiger partial charge in [0.2, 0.25) is 0 Å². The molecule has 54 valence electrons. The molecule has 0 radical (unpaired) electrons. The summed E-state index contributed by atoms with van der Waals surface area (Å²) in [6.45, 7) is 7.02. The molecule has 0 saturated carbocycles. The van der Waals surface area contributed by atoms with Crippen LogP contribution in [-0.2, 0) is 0 Å². The quantitative estimate of drug-likeness (QED) is 0.499. The van der Waals surface area contributed by atoms with Crippen molar-refractivity contribution < 1.29 is 0 Å². The maximum absolute atomic E-state index is 3.38. The molecule has 0 aromatic carbocycles. The van der Waals surface area contributed by atoms with Gasteiger partial charge in [-0.25, -0.2) is 3.11 Å². The molecule has 0 amide bonds. The molecule has 9 heavy (non-hydrogen) atoms. The molecule has 0 bridgehead atoms. The summed E-state index contributed by atoms with van der Waals surface area (Å²) >= 11 is 2.39. The number of nitrogens with one attached hydrogen (secondary N) is 1. The van der Waals surface area contributed by atoms with Gasteiger partial charge in [0.05, 0.1) is 0 Å². The molecule has 1 rings (SSSR count). The average Bonchev–Trinajstić information content (AvgIpc) is 1.93. The molecule has 0 spiro atoms. The Balaban J connectivity index is 2.29. The molecule has 1 unspecified atom stereocenters. The van der Waals surface area contributed by atoms with E-state index >= 15 is 0 Å². The highest BCUT2D eigenvalue weighted by molar-refractivity contribution is 14.1. The molecule has 0 aliphatic carbocycles. The summed E-state index contributed by atoms with van der Waals surface area (Å²) in [5.41, 5.74) is 0. The van der Waals surface area contributed by atoms with Crippen LogP contribution in [0.4, 0.5) is 0 Å². The normalized spacial score (nSPS) is 32.0. The first-order valence-electron chi connectivity index (χ1n) is 3.40. The Kier molecular flexibility index (Phi) is 3.21. The van der Waals surface area contributed by atoms with E-state index in [1.165, 1.54) is 19.6 Å². The van der Waals surface area contributed by atoms with Gasteiger partial charge in [0, 0.05) is 42.5 Å². The SMILES string of the molecule is CC1CNCCN(I)C1. The van der Waals surface area contributed by atoms with Gasteiger partial charge < -0.3 is 5.32 Å². The fraction of sp³-hybridized carbons (Fsp3) is 1.00. The fourth-order valence-electron chi connectivity index (χ4n) is 1.04. The second-order valence-electron chi connectivity index (χ2n) is 2.68. The molecule has 1 saturated heterocycles. The maximum atomic E-state index is 3.38. The van der Waals surface area contributed by atoms with Crippen LogP contribution in [0.25, 0.3) is 0 Å². The lowest BCUT2D eigenvalue weighted by atomic mass is 10.2. The van der Waals surface area contributed by atoms with Gasteiger partial charge in [0.1, 0.15) is 0 Å². The van der Waals surface area contributed by atoms with Gasteiger partial charge in [0.15, 0.2) is 0 Å². The van der Waals surface area contributed by atoms with E-state index in [4.69, 9.17) is 0 Å². The van der Waals surface area contributed by atoms with Crippen LogP contribution in [-0.4, -0.2) is 29.3 Å². The lowest BCUT2D eigenvalue weighted by Crippen LogP contribution is -2.20. The van der Waals surface area contributed by atoms with Crippen LogP contribution in [0.2, 0.25) is 0 Å². The van der Waals surface area contributed by atoms with Crippen molar-refractivity contribution >= 4 is 22.9 Å². The summed E-state index contributed by atoms with van der Waals surface area (Å²) < 4.78 is 2.35. The number of halogens is 1. The fourth-order valence-corrected chi connectivity index (χ4v) is 1.96. The Morgan fingerprint density at radius 3 is 3.22 bits per heavy atom. The molecule has 0 aromatic heterocycles. The zero-order valence-corrected chi connectivity index (χ0v) is 7.89. The van der Waals surface area contributed by atoms with Crippen molar-refractivity contribution in [1.29, 1.82) is 0 Å². The smallest absolute Gasteiger partial charge is 0.0206 e. The van der Waals surface area contributed by atoms with Gasteiger partial charge in [-0.2, -0.15) is 0 Å². The van der Waals surface area contributed by atoms with Crippen molar-refractivity contribution in [3.8, 4) is 0 Å². The standard InChI is InChI=1S/C6H13IN2/c1-6-4-8-2-3-9(7)5-6/h6,8H,2-5H2,1H3. The van der Waals surface area contributed by atoms with E-state index in [2.05, 4.69) is 38.2 Å². The lowest BCUT2D eigenvalue weighted by molar-refractivity contribution is 0.463. The Morgan fingerprint density at radius 1 is 1.67 bits per heavy atom. The van der Waals surface area contributed by atoms with E-state index in [1.807, 2.05) is 0 Å². The molecular weight excluding hydrogens is 227 g/mol. The topological polar surface area (TPSA) is 15.3 Å². The second-order valence-corrected chi connectivity index (χ2v) is 4.04. The Labute approximate surface area is 70.5 Å². The van der Waals surface area contributed by atoms with E-state index in [-0.39, 0.29) is 0 Å². The van der Waals surface area contributed by atoms with Crippen LogP contribution >= 0.6 is 22.9 Å². The predicted octanol–water partition coefficient (Wildman–Crippen LogP) is 0.878. The van der Waals surface area contributed by atoms with Crippen LogP contribution in [0.15, 0.2) is 0 Å². The minimum atomic E-state index is 0.810. The van der Waals surface area contributed by atoms with Crippen LogP contribution in [0.1, 0.15) is 6.92 Å². The molecule has 1 aliphatic heterocycles. The number of hydrogen-bond acceptors (Lipinski definition) is 2. The minimum absolute atomic E-state index is 0.810. The van der Waals surface area contributed by atoms with E-state index in [1.54, 1.807) is 0 Å². The molecule has 3 heteroatoms. The summed E-state index contributed by atoms with van der Waals surface area (Å²) in [6, 6.07) is 0. The monoisotopic (exact) mass is 240 g/mol. The number of nitrogens with zero attached hydrogens (tertiary/aromatic N) is 1. The second kappa shape index (κ2) is 3.73. The summed E-state index contributed by atoms with van der Waals surface area (Å²) in [5, 5.41) is 3.38. The molecule has 1 N–H and O–H groups in total. The first-order valence-corrected chi connectivity index (χ1v) is 4.37. The van der Waals surface area contributed by atoms with E-state index < -0.39 is 0 Å². The van der Waals surface area contributed by atoms with Crippen molar-refractivity contribution in [3.05, 3.63) is 0 Å². The molecular formula is C6H13IN2. The third-order valence-corrected chi connectivity index (χ3v) is 2.41. The van der Waals surface area contributed by atoms with E-state index in [9.17, 15) is 0 Å². The Hall–Kier alpha value is 0.650. The van der Waals surface area contributed by atoms with Gasteiger partial charge >= 0.3 is 0 Å². The van der Waals surface area contributed by atoms with E-state index in [0.717, 1.165) is 12.5 Å². The summed E-state index contributed by atoms with van der Waals surface area (Å²) in [7, 11) is 0. The highest BCUT2D eigenvalue weighted by Crippen LogP contribution is 2.06. The molecule has 1 aliphatic rings. The summed E-state index contributed by atoms with van der Waals surface area (Å²) in [4.78, 5) is 0. The van der Waals surface area contributed by atoms with Crippen molar-refractivity contribution in [2.45, 2.75) is 6.92 Å². The molecule has 1 heterocycles. The average molecular weight is 240 g/mol. The van der Waals surface area contributed by atoms with E-state index in [0.29, 0.717) is 0 Å². The lowest BCUT2D eigenvalue weighted by Gasteiger charge is -2.12. The van der Waals surface area contributed by atoms with Gasteiger partial charge in [-0.1, -0.05) is 6.92 Å². The van der Waals surface area contributed by atoms with Crippen molar-refractivity contribution in [2.75, 3.05) is 26.2 Å². The van der Waals surface area contributed by atoms with Crippen LogP contribution in [0, 0.1) is 5.92 Å². The number of hydrogen-bond donors (Lipinski definition) is 1. The Morgan fingerprint density at radius 2 is 2.44 bits per heavy atom. The third-order valence-electron chi connectivity index (χ3n) is 1.53. The molecule has 0 aromatic rings. The zero-order valence-electron chi connectivity index (χ0n) is 5.73. The Bertz CT molecular complexity index is 77.1. The van der Waals surface area contributed by atoms with Crippen molar-refractivity contribution in [1.82, 2.24) is 8.43 Å². The minimum Gasteiger partial charge on any atom is -0.315 e. The molecule has 2 nitrogen and oxygen atoms in total. The highest BCUT2D eigenvalue weighted by Gasteiger charge is 2.10. The van der Waals surface area contributed by atoms with Crippen molar-refractivity contribution in [3.63, 3.8) is 0 Å². The largest absolute Gasteiger partial charge is 0.315 e. The van der Waals surface area contributed by atoms with Crippen LogP contribution in [0.5, 0.6) is 0 Å². The molecule has 1 atom stereocenters.